The summed E-state index contributed by atoms with van der Waals surface area (Å²) >= 11 is 0. The largest absolute Gasteiger partial charge is 0.303 e. The van der Waals surface area contributed by atoms with Crippen LogP contribution in [-0.2, 0) is 4.79 Å². The molecule has 0 aromatic rings. The molecule has 1 atom stereocenters. The van der Waals surface area contributed by atoms with Crippen LogP contribution >= 0.6 is 0 Å². The van der Waals surface area contributed by atoms with E-state index in [1.54, 1.807) is 0 Å². The minimum absolute atomic E-state index is 0.527. The molecule has 1 unspecified atom stereocenters. The molecular weight excluding hydrogens is 196 g/mol. The summed E-state index contributed by atoms with van der Waals surface area (Å²) in [4.78, 5) is 10.3. The van der Waals surface area contributed by atoms with Crippen LogP contribution in [-0.4, -0.2) is 6.29 Å². The standard InChI is InChI=1S/C15H26O/c1-13(2)7-5-8-14(3)9-6-10-15(4)11-12-16/h7,9,12,15H,5-6,8,10-11H2,1-4H3/b14-9+. The number of carbonyl (C=O) groups excluding carboxylic acids is 1. The van der Waals surface area contributed by atoms with Crippen molar-refractivity contribution in [3.05, 3.63) is 23.3 Å². The number of hydrogen-bond acceptors (Lipinski definition) is 1. The number of allylic oxidation sites excluding steroid dienone is 4. The van der Waals surface area contributed by atoms with Crippen molar-refractivity contribution in [3.8, 4) is 0 Å². The SMILES string of the molecule is CC(C)=CCC/C(C)=C/CCC(C)CC=O. The van der Waals surface area contributed by atoms with E-state index in [9.17, 15) is 4.79 Å². The number of carbonyl (C=O) groups is 1. The Morgan fingerprint density at radius 1 is 1.12 bits per heavy atom. The van der Waals surface area contributed by atoms with Gasteiger partial charge in [-0.05, 0) is 52.4 Å². The second kappa shape index (κ2) is 9.38. The van der Waals surface area contributed by atoms with Crippen molar-refractivity contribution in [2.75, 3.05) is 0 Å². The highest BCUT2D eigenvalue weighted by atomic mass is 16.1. The molecule has 92 valence electrons. The van der Waals surface area contributed by atoms with Crippen LogP contribution in [0.5, 0.6) is 0 Å². The summed E-state index contributed by atoms with van der Waals surface area (Å²) in [5, 5.41) is 0. The Balaban J connectivity index is 3.70. The fourth-order valence-electron chi connectivity index (χ4n) is 1.59. The van der Waals surface area contributed by atoms with Crippen LogP contribution in [0.2, 0.25) is 0 Å². The lowest BCUT2D eigenvalue weighted by Crippen LogP contribution is -1.94. The van der Waals surface area contributed by atoms with E-state index in [1.807, 2.05) is 0 Å². The first-order chi connectivity index (χ1) is 7.56. The molecule has 0 amide bonds. The van der Waals surface area contributed by atoms with Gasteiger partial charge in [-0.3, -0.25) is 0 Å². The van der Waals surface area contributed by atoms with E-state index >= 15 is 0 Å². The molecule has 0 aliphatic heterocycles. The third-order valence-electron chi connectivity index (χ3n) is 2.74. The van der Waals surface area contributed by atoms with Crippen molar-refractivity contribution in [2.45, 2.75) is 59.8 Å². The molecule has 0 aliphatic rings. The van der Waals surface area contributed by atoms with E-state index in [1.165, 1.54) is 11.1 Å². The lowest BCUT2D eigenvalue weighted by molar-refractivity contribution is -0.108. The van der Waals surface area contributed by atoms with E-state index in [0.29, 0.717) is 12.3 Å². The summed E-state index contributed by atoms with van der Waals surface area (Å²) in [6.45, 7) is 8.62. The molecule has 1 nitrogen and oxygen atoms in total. The highest BCUT2D eigenvalue weighted by Crippen LogP contribution is 2.12. The van der Waals surface area contributed by atoms with Crippen LogP contribution in [0.3, 0.4) is 0 Å². The summed E-state index contributed by atoms with van der Waals surface area (Å²) in [6, 6.07) is 0. The summed E-state index contributed by atoms with van der Waals surface area (Å²) in [5.74, 6) is 0.527. The van der Waals surface area contributed by atoms with E-state index < -0.39 is 0 Å². The van der Waals surface area contributed by atoms with Gasteiger partial charge >= 0.3 is 0 Å². The Kier molecular flexibility index (Phi) is 8.88. The average molecular weight is 222 g/mol. The third-order valence-corrected chi connectivity index (χ3v) is 2.74. The lowest BCUT2D eigenvalue weighted by atomic mass is 10.0. The quantitative estimate of drug-likeness (QED) is 0.430. The Morgan fingerprint density at radius 3 is 2.38 bits per heavy atom. The summed E-state index contributed by atoms with van der Waals surface area (Å²) in [7, 11) is 0. The first-order valence-electron chi connectivity index (χ1n) is 6.29. The number of hydrogen-bond donors (Lipinski definition) is 0. The molecule has 0 aliphatic carbocycles. The normalized spacial score (nSPS) is 13.4. The van der Waals surface area contributed by atoms with Gasteiger partial charge in [-0.1, -0.05) is 30.2 Å². The van der Waals surface area contributed by atoms with E-state index in [-0.39, 0.29) is 0 Å². The molecule has 1 heteroatoms. The second-order valence-electron chi connectivity index (χ2n) is 4.96. The third kappa shape index (κ3) is 9.70. The molecule has 0 aromatic heterocycles. The van der Waals surface area contributed by atoms with Gasteiger partial charge in [0.2, 0.25) is 0 Å². The van der Waals surface area contributed by atoms with Gasteiger partial charge in [0.25, 0.3) is 0 Å². The van der Waals surface area contributed by atoms with Crippen LogP contribution in [0.1, 0.15) is 59.8 Å². The Labute approximate surface area is 101 Å². The van der Waals surface area contributed by atoms with Crippen molar-refractivity contribution >= 4 is 6.29 Å². The van der Waals surface area contributed by atoms with Crippen LogP contribution < -0.4 is 0 Å². The Morgan fingerprint density at radius 2 is 1.81 bits per heavy atom. The highest BCUT2D eigenvalue weighted by molar-refractivity contribution is 5.49. The molecule has 0 radical (unpaired) electrons. The van der Waals surface area contributed by atoms with Gasteiger partial charge in [0.1, 0.15) is 6.29 Å². The van der Waals surface area contributed by atoms with Crippen molar-refractivity contribution in [1.29, 1.82) is 0 Å². The van der Waals surface area contributed by atoms with Gasteiger partial charge in [-0.2, -0.15) is 0 Å². The van der Waals surface area contributed by atoms with Gasteiger partial charge in [0.15, 0.2) is 0 Å². The maximum Gasteiger partial charge on any atom is 0.120 e. The summed E-state index contributed by atoms with van der Waals surface area (Å²) < 4.78 is 0. The Hall–Kier alpha value is -0.850. The lowest BCUT2D eigenvalue weighted by Gasteiger charge is -2.05. The molecule has 0 fully saturated rings. The average Bonchev–Trinajstić information content (AvgIpc) is 2.17. The van der Waals surface area contributed by atoms with Crippen LogP contribution in [0.25, 0.3) is 0 Å². The van der Waals surface area contributed by atoms with Gasteiger partial charge < -0.3 is 4.79 Å². The van der Waals surface area contributed by atoms with Crippen molar-refractivity contribution in [1.82, 2.24) is 0 Å². The van der Waals surface area contributed by atoms with Gasteiger partial charge in [-0.25, -0.2) is 0 Å². The minimum atomic E-state index is 0.527. The molecule has 0 saturated carbocycles. The van der Waals surface area contributed by atoms with Gasteiger partial charge in [0.05, 0.1) is 0 Å². The first kappa shape index (κ1) is 15.2. The fourth-order valence-corrected chi connectivity index (χ4v) is 1.59. The molecule has 0 heterocycles. The second-order valence-corrected chi connectivity index (χ2v) is 4.96. The molecule has 0 saturated heterocycles. The molecule has 0 bridgehead atoms. The molecule has 0 aromatic carbocycles. The molecule has 0 spiro atoms. The van der Waals surface area contributed by atoms with Crippen molar-refractivity contribution < 1.29 is 4.79 Å². The van der Waals surface area contributed by atoms with Gasteiger partial charge in [0, 0.05) is 6.42 Å². The molecule has 0 N–H and O–H groups in total. The highest BCUT2D eigenvalue weighted by Gasteiger charge is 1.99. The smallest absolute Gasteiger partial charge is 0.120 e. The van der Waals surface area contributed by atoms with E-state index in [0.717, 1.165) is 32.0 Å². The zero-order chi connectivity index (χ0) is 12.4. The predicted octanol–water partition coefficient (Wildman–Crippen LogP) is 4.68. The van der Waals surface area contributed by atoms with Crippen LogP contribution in [0.4, 0.5) is 0 Å². The maximum atomic E-state index is 10.3. The fraction of sp³-hybridized carbons (Fsp3) is 0.667. The topological polar surface area (TPSA) is 17.1 Å². The van der Waals surface area contributed by atoms with E-state index in [4.69, 9.17) is 0 Å². The van der Waals surface area contributed by atoms with E-state index in [2.05, 4.69) is 39.8 Å². The number of aldehydes is 1. The number of rotatable bonds is 8. The molecule has 16 heavy (non-hydrogen) atoms. The summed E-state index contributed by atoms with van der Waals surface area (Å²) in [5.41, 5.74) is 2.86. The monoisotopic (exact) mass is 222 g/mol. The predicted molar refractivity (Wildman–Crippen MR) is 71.5 cm³/mol. The first-order valence-corrected chi connectivity index (χ1v) is 6.29. The molecular formula is C15H26O. The van der Waals surface area contributed by atoms with Crippen molar-refractivity contribution in [3.63, 3.8) is 0 Å². The minimum Gasteiger partial charge on any atom is -0.303 e. The Bertz CT molecular complexity index is 244. The van der Waals surface area contributed by atoms with Gasteiger partial charge in [-0.15, -0.1) is 0 Å². The summed E-state index contributed by atoms with van der Waals surface area (Å²) in [6.07, 6.45) is 10.9. The van der Waals surface area contributed by atoms with Crippen molar-refractivity contribution in [2.24, 2.45) is 5.92 Å². The molecule has 0 rings (SSSR count). The van der Waals surface area contributed by atoms with Crippen LogP contribution in [0, 0.1) is 5.92 Å². The van der Waals surface area contributed by atoms with Crippen LogP contribution in [0.15, 0.2) is 23.3 Å². The maximum absolute atomic E-state index is 10.3. The zero-order valence-corrected chi connectivity index (χ0v) is 11.3. The zero-order valence-electron chi connectivity index (χ0n) is 11.3.